The minimum Gasteiger partial charge on any atom is -0.293 e. The lowest BCUT2D eigenvalue weighted by atomic mass is 10.1. The molecular formula is C14H17N2+. The molecule has 0 saturated carbocycles. The van der Waals surface area contributed by atoms with Crippen molar-refractivity contribution in [2.24, 2.45) is 0 Å². The molecule has 2 rings (SSSR count). The highest BCUT2D eigenvalue weighted by molar-refractivity contribution is 5.43. The van der Waals surface area contributed by atoms with E-state index in [1.165, 1.54) is 16.8 Å². The van der Waals surface area contributed by atoms with Gasteiger partial charge in [0, 0.05) is 12.1 Å². The van der Waals surface area contributed by atoms with Crippen LogP contribution < -0.4 is 9.59 Å². The predicted molar refractivity (Wildman–Crippen MR) is 65.2 cm³/mol. The molecule has 0 aromatic carbocycles. The molecule has 0 unspecified atom stereocenters. The van der Waals surface area contributed by atoms with Gasteiger partial charge in [0.25, 0.3) is 0 Å². The van der Waals surface area contributed by atoms with Crippen LogP contribution in [-0.4, -0.2) is 11.3 Å². The van der Waals surface area contributed by atoms with Crippen LogP contribution in [0.25, 0.3) is 5.70 Å². The molecule has 0 saturated heterocycles. The second kappa shape index (κ2) is 3.97. The number of pyridine rings is 1. The van der Waals surface area contributed by atoms with Gasteiger partial charge in [-0.05, 0) is 18.9 Å². The van der Waals surface area contributed by atoms with Crippen LogP contribution in [0.1, 0.15) is 18.9 Å². The van der Waals surface area contributed by atoms with Crippen LogP contribution in [-0.2, 0) is 0 Å². The fraction of sp³-hybridized carbons (Fsp3) is 0.214. The maximum Gasteiger partial charge on any atom is 0.235 e. The zero-order chi connectivity index (χ0) is 11.7. The Labute approximate surface area is 96.2 Å². The second-order valence-corrected chi connectivity index (χ2v) is 4.31. The van der Waals surface area contributed by atoms with Gasteiger partial charge in [0.1, 0.15) is 6.72 Å². The quantitative estimate of drug-likeness (QED) is 0.453. The van der Waals surface area contributed by atoms with E-state index in [9.17, 15) is 0 Å². The van der Waals surface area contributed by atoms with Crippen molar-refractivity contribution in [1.29, 1.82) is 0 Å². The molecule has 2 heteroatoms. The van der Waals surface area contributed by atoms with Crippen LogP contribution in [0.3, 0.4) is 0 Å². The first kappa shape index (κ1) is 10.7. The number of aromatic nitrogens is 1. The lowest BCUT2D eigenvalue weighted by Gasteiger charge is -2.15. The Balaban J connectivity index is 2.72. The number of rotatable bonds is 0. The van der Waals surface area contributed by atoms with Gasteiger partial charge in [-0.3, -0.25) is 4.58 Å². The zero-order valence-electron chi connectivity index (χ0n) is 9.90. The summed E-state index contributed by atoms with van der Waals surface area (Å²) >= 11 is 0. The first-order valence-electron chi connectivity index (χ1n) is 5.37. The van der Waals surface area contributed by atoms with E-state index in [2.05, 4.69) is 45.5 Å². The van der Waals surface area contributed by atoms with Crippen molar-refractivity contribution >= 4 is 12.4 Å². The van der Waals surface area contributed by atoms with E-state index in [0.717, 1.165) is 11.8 Å². The average Bonchev–Trinajstić information content (AvgIpc) is 2.25. The second-order valence-electron chi connectivity index (χ2n) is 4.31. The molecule has 1 aliphatic heterocycles. The smallest absolute Gasteiger partial charge is 0.235 e. The van der Waals surface area contributed by atoms with Crippen molar-refractivity contribution in [3.63, 3.8) is 0 Å². The van der Waals surface area contributed by atoms with Crippen molar-refractivity contribution in [3.8, 4) is 0 Å². The summed E-state index contributed by atoms with van der Waals surface area (Å²) in [5, 5.41) is 1.12. The minimum atomic E-state index is 0.930. The SMILES string of the molecule is C=[N+]1[CH-]C=C(C)C/C1=c1\cc(C)cc[n+]1=C. The molecule has 0 fully saturated rings. The van der Waals surface area contributed by atoms with Gasteiger partial charge < -0.3 is 0 Å². The fourth-order valence-corrected chi connectivity index (χ4v) is 1.85. The fourth-order valence-electron chi connectivity index (χ4n) is 1.85. The molecule has 2 heterocycles. The molecular weight excluding hydrogens is 196 g/mol. The summed E-state index contributed by atoms with van der Waals surface area (Å²) in [6.45, 7) is 14.2. The normalized spacial score (nSPS) is 19.1. The summed E-state index contributed by atoms with van der Waals surface area (Å²) in [7, 11) is 0. The molecule has 0 aliphatic carbocycles. The summed E-state index contributed by atoms with van der Waals surface area (Å²) in [4.78, 5) is 0. The van der Waals surface area contributed by atoms with Crippen molar-refractivity contribution in [1.82, 2.24) is 0 Å². The van der Waals surface area contributed by atoms with E-state index in [1.807, 2.05) is 21.6 Å². The van der Waals surface area contributed by atoms with Crippen LogP contribution in [0.2, 0.25) is 0 Å². The first-order valence-corrected chi connectivity index (χ1v) is 5.37. The van der Waals surface area contributed by atoms with Crippen LogP contribution in [0, 0.1) is 20.2 Å². The predicted octanol–water partition coefficient (Wildman–Crippen LogP) is 1.26. The van der Waals surface area contributed by atoms with Crippen molar-refractivity contribution in [2.75, 3.05) is 0 Å². The van der Waals surface area contributed by atoms with E-state index >= 15 is 0 Å². The summed E-state index contributed by atoms with van der Waals surface area (Å²) < 4.78 is 3.82. The third-order valence-electron chi connectivity index (χ3n) is 2.82. The number of hydrogen-bond donors (Lipinski definition) is 0. The highest BCUT2D eigenvalue weighted by atomic mass is 15.0. The number of aryl methyl sites for hydroxylation is 1. The largest absolute Gasteiger partial charge is 0.293 e. The monoisotopic (exact) mass is 213 g/mol. The van der Waals surface area contributed by atoms with Crippen LogP contribution in [0.4, 0.5) is 0 Å². The van der Waals surface area contributed by atoms with Gasteiger partial charge in [-0.25, -0.2) is 0 Å². The molecule has 1 aromatic heterocycles. The Bertz CT molecular complexity index is 579. The molecule has 1 aliphatic rings. The maximum atomic E-state index is 4.02. The standard InChI is InChI=1S/C14H17N2/c1-11-5-7-15(3)13(9-11)14-10-12(2)6-8-16(14)4/h5-9H,3-4,10H2,1-2H3/q+1/b14-13-. The summed E-state index contributed by atoms with van der Waals surface area (Å²) in [5.41, 5.74) is 3.78. The molecule has 0 bridgehead atoms. The molecule has 0 spiro atoms. The van der Waals surface area contributed by atoms with Gasteiger partial charge in [-0.2, -0.15) is 4.24 Å². The zero-order valence-corrected chi connectivity index (χ0v) is 9.90. The van der Waals surface area contributed by atoms with Crippen LogP contribution in [0.15, 0.2) is 30.0 Å². The summed E-state index contributed by atoms with van der Waals surface area (Å²) in [6.07, 6.45) is 5.01. The minimum absolute atomic E-state index is 0.930. The lowest BCUT2D eigenvalue weighted by Crippen LogP contribution is -2.39. The Morgan fingerprint density at radius 1 is 1.31 bits per heavy atom. The van der Waals surface area contributed by atoms with Gasteiger partial charge in [-0.1, -0.05) is 13.0 Å². The summed E-state index contributed by atoms with van der Waals surface area (Å²) in [5.74, 6) is 0. The molecule has 0 N–H and O–H groups in total. The molecule has 0 amide bonds. The topological polar surface area (TPSA) is 8.91 Å². The molecule has 0 atom stereocenters. The van der Waals surface area contributed by atoms with Crippen molar-refractivity contribution in [2.45, 2.75) is 20.3 Å². The maximum absolute atomic E-state index is 4.02. The molecule has 82 valence electrons. The van der Waals surface area contributed by atoms with Gasteiger partial charge >= 0.3 is 0 Å². The lowest BCUT2D eigenvalue weighted by molar-refractivity contribution is -0.521. The van der Waals surface area contributed by atoms with E-state index in [0.29, 0.717) is 0 Å². The van der Waals surface area contributed by atoms with Gasteiger partial charge in [0.15, 0.2) is 11.9 Å². The molecule has 1 aromatic rings. The van der Waals surface area contributed by atoms with Crippen LogP contribution in [0.5, 0.6) is 0 Å². The summed E-state index contributed by atoms with van der Waals surface area (Å²) in [6, 6.07) is 4.20. The van der Waals surface area contributed by atoms with Gasteiger partial charge in [0.2, 0.25) is 5.35 Å². The third-order valence-corrected chi connectivity index (χ3v) is 2.82. The number of hydrogen-bond acceptors (Lipinski definition) is 0. The Morgan fingerprint density at radius 3 is 2.81 bits per heavy atom. The Hall–Kier alpha value is -1.83. The molecule has 16 heavy (non-hydrogen) atoms. The van der Waals surface area contributed by atoms with Crippen molar-refractivity contribution < 1.29 is 8.82 Å². The Morgan fingerprint density at radius 2 is 2.06 bits per heavy atom. The van der Waals surface area contributed by atoms with E-state index in [1.54, 1.807) is 0 Å². The van der Waals surface area contributed by atoms with Gasteiger partial charge in [0.05, 0.1) is 13.3 Å². The molecule has 0 radical (unpaired) electrons. The van der Waals surface area contributed by atoms with E-state index < -0.39 is 0 Å². The highest BCUT2D eigenvalue weighted by Crippen LogP contribution is 2.17. The third kappa shape index (κ3) is 1.91. The van der Waals surface area contributed by atoms with Crippen LogP contribution >= 0.6 is 0 Å². The van der Waals surface area contributed by atoms with E-state index in [4.69, 9.17) is 0 Å². The number of nitrogens with zero attached hydrogens (tertiary/aromatic N) is 2. The Kier molecular flexibility index (Phi) is 2.65. The molecule has 2 nitrogen and oxygen atoms in total. The van der Waals surface area contributed by atoms with Crippen molar-refractivity contribution in [3.05, 3.63) is 54.2 Å². The highest BCUT2D eigenvalue weighted by Gasteiger charge is 2.14. The first-order chi connectivity index (χ1) is 7.58. The van der Waals surface area contributed by atoms with Gasteiger partial charge in [-0.15, -0.1) is 5.57 Å². The average molecular weight is 213 g/mol. The van der Waals surface area contributed by atoms with E-state index in [-0.39, 0.29) is 0 Å².